The van der Waals surface area contributed by atoms with E-state index in [4.69, 9.17) is 4.98 Å². The van der Waals surface area contributed by atoms with E-state index in [9.17, 15) is 9.59 Å². The number of carbonyl (C=O) groups excluding carboxylic acids is 1. The second-order valence-electron chi connectivity index (χ2n) is 9.32. The van der Waals surface area contributed by atoms with Crippen molar-refractivity contribution in [3.8, 4) is 0 Å². The molecule has 0 radical (unpaired) electrons. The summed E-state index contributed by atoms with van der Waals surface area (Å²) >= 11 is 1.44. The minimum atomic E-state index is -0.0306. The van der Waals surface area contributed by atoms with Gasteiger partial charge in [0.25, 0.3) is 5.56 Å². The molecule has 6 nitrogen and oxygen atoms in total. The van der Waals surface area contributed by atoms with Crippen LogP contribution in [0, 0.1) is 19.8 Å². The smallest absolute Gasteiger partial charge is 0.273 e. The number of fused-ring (bicyclic) bond motifs is 1. The summed E-state index contributed by atoms with van der Waals surface area (Å²) in [5.74, 6) is 0.765. The molecule has 1 amide bonds. The minimum Gasteiger partial charge on any atom is -0.352 e. The van der Waals surface area contributed by atoms with E-state index >= 15 is 0 Å². The fourth-order valence-electron chi connectivity index (χ4n) is 4.67. The normalized spacial score (nSPS) is 14.4. The van der Waals surface area contributed by atoms with E-state index in [1.807, 2.05) is 41.8 Å². The summed E-state index contributed by atoms with van der Waals surface area (Å²) < 4.78 is 2.47. The van der Waals surface area contributed by atoms with Crippen molar-refractivity contribution in [2.45, 2.75) is 39.8 Å². The zero-order valence-corrected chi connectivity index (χ0v) is 21.0. The second kappa shape index (κ2) is 10.0. The topological polar surface area (TPSA) is 67.2 Å². The Balaban J connectivity index is 1.29. The first-order valence-corrected chi connectivity index (χ1v) is 13.0. The number of carbonyl (C=O) groups is 1. The van der Waals surface area contributed by atoms with E-state index in [2.05, 4.69) is 42.3 Å². The van der Waals surface area contributed by atoms with Gasteiger partial charge in [-0.25, -0.2) is 4.98 Å². The molecular weight excluding hydrogens is 456 g/mol. The summed E-state index contributed by atoms with van der Waals surface area (Å²) in [5.41, 5.74) is 5.42. The van der Waals surface area contributed by atoms with Crippen LogP contribution >= 0.6 is 11.3 Å². The Kier molecular flexibility index (Phi) is 6.68. The zero-order chi connectivity index (χ0) is 24.4. The molecule has 1 fully saturated rings. The Morgan fingerprint density at radius 3 is 2.54 bits per heavy atom. The third-order valence-corrected chi connectivity index (χ3v) is 7.81. The quantitative estimate of drug-likeness (QED) is 0.431. The number of nitrogens with one attached hydrogen (secondary N) is 1. The highest BCUT2D eigenvalue weighted by atomic mass is 32.1. The lowest BCUT2D eigenvalue weighted by molar-refractivity contribution is -0.125. The fourth-order valence-corrected chi connectivity index (χ4v) is 5.45. The molecule has 0 aliphatic carbocycles. The molecule has 0 atom stereocenters. The van der Waals surface area contributed by atoms with Gasteiger partial charge in [0.2, 0.25) is 11.9 Å². The maximum absolute atomic E-state index is 13.3. The van der Waals surface area contributed by atoms with E-state index in [-0.39, 0.29) is 17.4 Å². The number of rotatable bonds is 6. The maximum atomic E-state index is 13.3. The number of anilines is 1. The SMILES string of the molecule is Cc1ccc(CNC(=O)C2CCN(c3nc4ccsc4c(=O)n3Cc3ccccc3)CC2)cc1C. The first kappa shape index (κ1) is 23.3. The molecule has 2 aromatic carbocycles. The van der Waals surface area contributed by atoms with Crippen molar-refractivity contribution in [1.29, 1.82) is 0 Å². The van der Waals surface area contributed by atoms with Gasteiger partial charge in [0.15, 0.2) is 0 Å². The standard InChI is InChI=1S/C28H30N4O2S/c1-19-8-9-22(16-20(19)2)17-29-26(33)23-10-13-31(14-11-23)28-30-24-12-15-35-25(24)27(34)32(28)18-21-6-4-3-5-7-21/h3-9,12,15-16,23H,10-11,13-14,17-18H2,1-2H3,(H,29,33). The average Bonchev–Trinajstić information content (AvgIpc) is 3.36. The van der Waals surface area contributed by atoms with Gasteiger partial charge >= 0.3 is 0 Å². The van der Waals surface area contributed by atoms with E-state index in [0.29, 0.717) is 36.8 Å². The van der Waals surface area contributed by atoms with Crippen LogP contribution in [-0.2, 0) is 17.9 Å². The van der Waals surface area contributed by atoms with Crippen LogP contribution in [0.25, 0.3) is 10.2 Å². The highest BCUT2D eigenvalue weighted by molar-refractivity contribution is 7.17. The molecule has 5 rings (SSSR count). The van der Waals surface area contributed by atoms with Crippen molar-refractivity contribution in [3.63, 3.8) is 0 Å². The molecule has 7 heteroatoms. The lowest BCUT2D eigenvalue weighted by Crippen LogP contribution is -2.42. The summed E-state index contributed by atoms with van der Waals surface area (Å²) in [6, 6.07) is 18.2. The first-order valence-electron chi connectivity index (χ1n) is 12.1. The molecule has 1 aliphatic heterocycles. The highest BCUT2D eigenvalue weighted by Gasteiger charge is 2.27. The number of aryl methyl sites for hydroxylation is 2. The van der Waals surface area contributed by atoms with Crippen LogP contribution in [0.5, 0.6) is 0 Å². The van der Waals surface area contributed by atoms with Crippen LogP contribution in [0.2, 0.25) is 0 Å². The largest absolute Gasteiger partial charge is 0.352 e. The molecule has 0 bridgehead atoms. The summed E-state index contributed by atoms with van der Waals surface area (Å²) in [5, 5.41) is 5.04. The number of hydrogen-bond donors (Lipinski definition) is 1. The minimum absolute atomic E-state index is 0.00268. The van der Waals surface area contributed by atoms with E-state index in [1.54, 1.807) is 4.57 Å². The highest BCUT2D eigenvalue weighted by Crippen LogP contribution is 2.25. The van der Waals surface area contributed by atoms with Crippen molar-refractivity contribution in [3.05, 3.63) is 92.6 Å². The van der Waals surface area contributed by atoms with Gasteiger partial charge in [-0.3, -0.25) is 14.2 Å². The Morgan fingerprint density at radius 2 is 1.80 bits per heavy atom. The lowest BCUT2D eigenvalue weighted by Gasteiger charge is -2.33. The Morgan fingerprint density at radius 1 is 1.03 bits per heavy atom. The van der Waals surface area contributed by atoms with Gasteiger partial charge in [0.05, 0.1) is 12.1 Å². The van der Waals surface area contributed by atoms with E-state index < -0.39 is 0 Å². The predicted octanol–water partition coefficient (Wildman–Crippen LogP) is 4.66. The van der Waals surface area contributed by atoms with Gasteiger partial charge < -0.3 is 10.2 Å². The third kappa shape index (κ3) is 5.00. The Hall–Kier alpha value is -3.45. The number of thiophene rings is 1. The Labute approximate surface area is 209 Å². The van der Waals surface area contributed by atoms with Gasteiger partial charge in [-0.1, -0.05) is 48.5 Å². The van der Waals surface area contributed by atoms with Crippen LogP contribution in [0.1, 0.15) is 35.1 Å². The van der Waals surface area contributed by atoms with Crippen LogP contribution in [0.4, 0.5) is 5.95 Å². The third-order valence-electron chi connectivity index (χ3n) is 6.92. The van der Waals surface area contributed by atoms with Crippen molar-refractivity contribution in [2.75, 3.05) is 18.0 Å². The summed E-state index contributed by atoms with van der Waals surface area (Å²) in [7, 11) is 0. The van der Waals surface area contributed by atoms with Crippen LogP contribution in [0.15, 0.2) is 64.8 Å². The number of aromatic nitrogens is 2. The monoisotopic (exact) mass is 486 g/mol. The van der Waals surface area contributed by atoms with Gasteiger partial charge in [0.1, 0.15) is 4.70 Å². The molecule has 35 heavy (non-hydrogen) atoms. The fraction of sp³-hybridized carbons (Fsp3) is 0.321. The molecule has 180 valence electrons. The molecule has 2 aromatic heterocycles. The Bertz CT molecular complexity index is 1400. The lowest BCUT2D eigenvalue weighted by atomic mass is 9.96. The molecule has 1 aliphatic rings. The molecular formula is C28H30N4O2S. The molecule has 4 aromatic rings. The molecule has 1 N–H and O–H groups in total. The first-order chi connectivity index (χ1) is 17.0. The summed E-state index contributed by atoms with van der Waals surface area (Å²) in [4.78, 5) is 33.2. The van der Waals surface area contributed by atoms with Crippen molar-refractivity contribution < 1.29 is 4.79 Å². The van der Waals surface area contributed by atoms with Crippen LogP contribution in [0.3, 0.4) is 0 Å². The van der Waals surface area contributed by atoms with Crippen LogP contribution in [-0.4, -0.2) is 28.5 Å². The zero-order valence-electron chi connectivity index (χ0n) is 20.2. The number of amides is 1. The molecule has 3 heterocycles. The van der Waals surface area contributed by atoms with Gasteiger partial charge in [0, 0.05) is 25.6 Å². The van der Waals surface area contributed by atoms with Crippen LogP contribution < -0.4 is 15.8 Å². The number of nitrogens with zero attached hydrogens (tertiary/aromatic N) is 3. The maximum Gasteiger partial charge on any atom is 0.273 e. The number of piperidine rings is 1. The van der Waals surface area contributed by atoms with Crippen molar-refractivity contribution >= 4 is 33.4 Å². The summed E-state index contributed by atoms with van der Waals surface area (Å²) in [6.07, 6.45) is 1.48. The average molecular weight is 487 g/mol. The molecule has 0 saturated carbocycles. The van der Waals surface area contributed by atoms with E-state index in [0.717, 1.165) is 29.5 Å². The van der Waals surface area contributed by atoms with E-state index in [1.165, 1.54) is 22.5 Å². The van der Waals surface area contributed by atoms with Gasteiger partial charge in [-0.2, -0.15) is 0 Å². The second-order valence-corrected chi connectivity index (χ2v) is 10.2. The molecule has 1 saturated heterocycles. The number of hydrogen-bond acceptors (Lipinski definition) is 5. The molecule has 0 spiro atoms. The number of benzene rings is 2. The van der Waals surface area contributed by atoms with Crippen molar-refractivity contribution in [2.24, 2.45) is 5.92 Å². The summed E-state index contributed by atoms with van der Waals surface area (Å²) in [6.45, 7) is 6.60. The van der Waals surface area contributed by atoms with Gasteiger partial charge in [-0.05, 0) is 60.4 Å². The van der Waals surface area contributed by atoms with Gasteiger partial charge in [-0.15, -0.1) is 11.3 Å². The van der Waals surface area contributed by atoms with Crippen molar-refractivity contribution in [1.82, 2.24) is 14.9 Å². The molecule has 0 unspecified atom stereocenters. The predicted molar refractivity (Wildman–Crippen MR) is 142 cm³/mol.